The second kappa shape index (κ2) is 9.79. The van der Waals surface area contributed by atoms with Crippen LogP contribution in [0, 0.1) is 0 Å². The summed E-state index contributed by atoms with van der Waals surface area (Å²) in [5.74, 6) is 0.128. The molecule has 0 aliphatic rings. The van der Waals surface area contributed by atoms with Crippen molar-refractivity contribution in [3.05, 3.63) is 70.7 Å². The lowest BCUT2D eigenvalue weighted by atomic mass is 10.1. The van der Waals surface area contributed by atoms with E-state index in [-0.39, 0.29) is 24.1 Å². The number of methoxy groups -OCH3 is 1. The maximum absolute atomic E-state index is 12.9. The highest BCUT2D eigenvalue weighted by molar-refractivity contribution is 7.03. The molecule has 0 unspecified atom stereocenters. The van der Waals surface area contributed by atoms with Gasteiger partial charge in [-0.1, -0.05) is 35.7 Å². The molecule has 0 atom stereocenters. The molecular formula is C21H22N4O3S. The molecule has 1 aromatic heterocycles. The number of nitrogens with zero attached hydrogens (tertiary/aromatic N) is 3. The SMILES string of the molecule is CCc1ccc(N(CC(=O)NCc2ccc(OC)cc2)C(=O)c2csnn2)cc1. The Morgan fingerprint density at radius 2 is 1.76 bits per heavy atom. The molecule has 3 rings (SSSR count). The van der Waals surface area contributed by atoms with Gasteiger partial charge in [0.25, 0.3) is 5.91 Å². The van der Waals surface area contributed by atoms with Crippen LogP contribution in [-0.4, -0.2) is 35.1 Å². The smallest absolute Gasteiger partial charge is 0.280 e. The molecule has 3 aromatic rings. The third-order valence-corrected chi connectivity index (χ3v) is 4.94. The number of aromatic nitrogens is 2. The lowest BCUT2D eigenvalue weighted by molar-refractivity contribution is -0.119. The van der Waals surface area contributed by atoms with Crippen molar-refractivity contribution in [1.82, 2.24) is 14.9 Å². The summed E-state index contributed by atoms with van der Waals surface area (Å²) in [7, 11) is 1.60. The number of amides is 2. The Kier molecular flexibility index (Phi) is 6.91. The van der Waals surface area contributed by atoms with E-state index >= 15 is 0 Å². The van der Waals surface area contributed by atoms with E-state index in [2.05, 4.69) is 21.8 Å². The Bertz CT molecular complexity index is 941. The summed E-state index contributed by atoms with van der Waals surface area (Å²) in [6, 6.07) is 15.0. The third kappa shape index (κ3) is 5.39. The van der Waals surface area contributed by atoms with Gasteiger partial charge < -0.3 is 10.1 Å². The maximum atomic E-state index is 12.9. The monoisotopic (exact) mass is 410 g/mol. The summed E-state index contributed by atoms with van der Waals surface area (Å²) in [6.07, 6.45) is 0.895. The first-order valence-corrected chi connectivity index (χ1v) is 10.0. The number of carbonyl (C=O) groups excluding carboxylic acids is 2. The van der Waals surface area contributed by atoms with Crippen molar-refractivity contribution < 1.29 is 14.3 Å². The quantitative estimate of drug-likeness (QED) is 0.617. The number of aryl methyl sites for hydroxylation is 1. The molecule has 7 nitrogen and oxygen atoms in total. The Balaban J connectivity index is 1.71. The molecule has 0 bridgehead atoms. The van der Waals surface area contributed by atoms with Gasteiger partial charge >= 0.3 is 0 Å². The fraction of sp³-hybridized carbons (Fsp3) is 0.238. The molecule has 0 spiro atoms. The standard InChI is InChI=1S/C21H22N4O3S/c1-3-15-4-8-17(9-5-15)25(21(27)19-14-29-24-23-19)13-20(26)22-12-16-6-10-18(28-2)11-7-16/h4-11,14H,3,12-13H2,1-2H3,(H,22,26). The van der Waals surface area contributed by atoms with Crippen LogP contribution in [0.5, 0.6) is 5.75 Å². The summed E-state index contributed by atoms with van der Waals surface area (Å²) < 4.78 is 8.88. The predicted octanol–water partition coefficient (Wildman–Crippen LogP) is 3.07. The van der Waals surface area contributed by atoms with Gasteiger partial charge in [0.15, 0.2) is 5.69 Å². The highest BCUT2D eigenvalue weighted by Crippen LogP contribution is 2.18. The van der Waals surface area contributed by atoms with Crippen LogP contribution in [0.3, 0.4) is 0 Å². The molecule has 0 aliphatic heterocycles. The molecule has 2 aromatic carbocycles. The molecule has 0 fully saturated rings. The minimum absolute atomic E-state index is 0.113. The zero-order valence-corrected chi connectivity index (χ0v) is 17.1. The van der Waals surface area contributed by atoms with Crippen molar-refractivity contribution in [3.8, 4) is 5.75 Å². The van der Waals surface area contributed by atoms with Crippen LogP contribution in [0.4, 0.5) is 5.69 Å². The zero-order chi connectivity index (χ0) is 20.6. The number of anilines is 1. The van der Waals surface area contributed by atoms with Crippen LogP contribution in [0.1, 0.15) is 28.5 Å². The van der Waals surface area contributed by atoms with Crippen molar-refractivity contribution >= 4 is 29.0 Å². The fourth-order valence-electron chi connectivity index (χ4n) is 2.73. The van der Waals surface area contributed by atoms with Gasteiger partial charge in [-0.15, -0.1) is 5.10 Å². The van der Waals surface area contributed by atoms with E-state index in [4.69, 9.17) is 4.74 Å². The molecule has 29 heavy (non-hydrogen) atoms. The van der Waals surface area contributed by atoms with Crippen molar-refractivity contribution in [1.29, 1.82) is 0 Å². The third-order valence-electron chi connectivity index (χ3n) is 4.43. The van der Waals surface area contributed by atoms with Gasteiger partial charge in [0.05, 0.1) is 7.11 Å². The summed E-state index contributed by atoms with van der Waals surface area (Å²) >= 11 is 1.10. The van der Waals surface area contributed by atoms with Crippen molar-refractivity contribution in [2.75, 3.05) is 18.6 Å². The number of ether oxygens (including phenoxy) is 1. The molecule has 0 saturated heterocycles. The average Bonchev–Trinajstić information content (AvgIpc) is 3.31. The molecule has 1 heterocycles. The van der Waals surface area contributed by atoms with E-state index in [1.54, 1.807) is 12.5 Å². The predicted molar refractivity (Wildman–Crippen MR) is 112 cm³/mol. The second-order valence-electron chi connectivity index (χ2n) is 6.33. The van der Waals surface area contributed by atoms with Gasteiger partial charge in [-0.25, -0.2) is 0 Å². The van der Waals surface area contributed by atoms with E-state index in [0.29, 0.717) is 12.2 Å². The largest absolute Gasteiger partial charge is 0.497 e. The van der Waals surface area contributed by atoms with Gasteiger partial charge in [-0.05, 0) is 53.3 Å². The summed E-state index contributed by atoms with van der Waals surface area (Å²) in [5, 5.41) is 8.27. The van der Waals surface area contributed by atoms with Crippen LogP contribution >= 0.6 is 11.5 Å². The van der Waals surface area contributed by atoms with Crippen LogP contribution in [0.15, 0.2) is 53.9 Å². The molecule has 0 saturated carbocycles. The normalized spacial score (nSPS) is 10.4. The van der Waals surface area contributed by atoms with Crippen molar-refractivity contribution in [2.45, 2.75) is 19.9 Å². The van der Waals surface area contributed by atoms with E-state index in [1.807, 2.05) is 48.5 Å². The first-order chi connectivity index (χ1) is 14.1. The molecular weight excluding hydrogens is 388 g/mol. The van der Waals surface area contributed by atoms with Crippen molar-refractivity contribution in [3.63, 3.8) is 0 Å². The molecule has 8 heteroatoms. The summed E-state index contributed by atoms with van der Waals surface area (Å²) in [4.78, 5) is 26.9. The second-order valence-corrected chi connectivity index (χ2v) is 6.94. The maximum Gasteiger partial charge on any atom is 0.280 e. The summed E-state index contributed by atoms with van der Waals surface area (Å²) in [5.41, 5.74) is 2.95. The Morgan fingerprint density at radius 3 is 2.34 bits per heavy atom. The molecule has 0 radical (unpaired) electrons. The van der Waals surface area contributed by atoms with Gasteiger partial charge in [-0.3, -0.25) is 14.5 Å². The molecule has 0 aliphatic carbocycles. The topological polar surface area (TPSA) is 84.4 Å². The zero-order valence-electron chi connectivity index (χ0n) is 16.3. The highest BCUT2D eigenvalue weighted by atomic mass is 32.1. The average molecular weight is 410 g/mol. The first kappa shape index (κ1) is 20.5. The molecule has 150 valence electrons. The number of hydrogen-bond donors (Lipinski definition) is 1. The van der Waals surface area contributed by atoms with Crippen molar-refractivity contribution in [2.24, 2.45) is 0 Å². The van der Waals surface area contributed by atoms with E-state index < -0.39 is 0 Å². The minimum Gasteiger partial charge on any atom is -0.497 e. The number of benzene rings is 2. The lowest BCUT2D eigenvalue weighted by Gasteiger charge is -2.21. The Hall–Kier alpha value is -3.26. The number of carbonyl (C=O) groups is 2. The van der Waals surface area contributed by atoms with E-state index in [0.717, 1.165) is 34.8 Å². The molecule has 1 N–H and O–H groups in total. The van der Waals surface area contributed by atoms with Gasteiger partial charge in [0.2, 0.25) is 5.91 Å². The first-order valence-electron chi connectivity index (χ1n) is 9.18. The van der Waals surface area contributed by atoms with Crippen LogP contribution in [0.25, 0.3) is 0 Å². The van der Waals surface area contributed by atoms with Crippen LogP contribution in [0.2, 0.25) is 0 Å². The summed E-state index contributed by atoms with van der Waals surface area (Å²) in [6.45, 7) is 2.31. The lowest BCUT2D eigenvalue weighted by Crippen LogP contribution is -2.41. The van der Waals surface area contributed by atoms with Gasteiger partial charge in [0.1, 0.15) is 12.3 Å². The molecule has 2 amide bonds. The number of rotatable bonds is 8. The minimum atomic E-state index is -0.359. The Labute approximate surface area is 173 Å². The Morgan fingerprint density at radius 1 is 1.07 bits per heavy atom. The van der Waals surface area contributed by atoms with E-state index in [1.165, 1.54) is 4.90 Å². The number of nitrogens with one attached hydrogen (secondary N) is 1. The number of hydrogen-bond acceptors (Lipinski definition) is 6. The highest BCUT2D eigenvalue weighted by Gasteiger charge is 2.22. The van der Waals surface area contributed by atoms with Gasteiger partial charge in [0, 0.05) is 17.6 Å². The fourth-order valence-corrected chi connectivity index (χ4v) is 3.16. The van der Waals surface area contributed by atoms with E-state index in [9.17, 15) is 9.59 Å². The van der Waals surface area contributed by atoms with Crippen LogP contribution < -0.4 is 15.0 Å². The van der Waals surface area contributed by atoms with Crippen LogP contribution in [-0.2, 0) is 17.8 Å². The van der Waals surface area contributed by atoms with Gasteiger partial charge in [-0.2, -0.15) is 0 Å².